The van der Waals surface area contributed by atoms with Gasteiger partial charge < -0.3 is 15.5 Å². The van der Waals surface area contributed by atoms with Crippen molar-refractivity contribution in [3.05, 3.63) is 23.8 Å². The van der Waals surface area contributed by atoms with Gasteiger partial charge in [-0.2, -0.15) is 4.72 Å². The molecule has 0 saturated carbocycles. The van der Waals surface area contributed by atoms with E-state index < -0.39 is 17.2 Å². The van der Waals surface area contributed by atoms with Gasteiger partial charge in [0.25, 0.3) is 0 Å². The topological polar surface area (TPSA) is 125 Å². The first-order valence-electron chi connectivity index (χ1n) is 7.93. The maximum Gasteiger partial charge on any atom is 0.220 e. The molecular weight excluding hydrogens is 334 g/mol. The number of aliphatic hydroxyl groups is 1. The highest BCUT2D eigenvalue weighted by atomic mass is 32.3. The number of nitrogens with zero attached hydrogens (tertiary/aromatic N) is 1. The van der Waals surface area contributed by atoms with Crippen LogP contribution in [-0.4, -0.2) is 44.5 Å². The number of aryl methyl sites for hydroxylation is 1. The van der Waals surface area contributed by atoms with Gasteiger partial charge in [0.05, 0.1) is 6.54 Å². The number of nitrogens with one attached hydrogen (secondary N) is 2. The van der Waals surface area contributed by atoms with Crippen LogP contribution >= 0.6 is 11.0 Å². The van der Waals surface area contributed by atoms with Crippen LogP contribution in [0.4, 0.5) is 5.69 Å². The number of amides is 1. The van der Waals surface area contributed by atoms with Crippen molar-refractivity contribution < 1.29 is 24.1 Å². The van der Waals surface area contributed by atoms with E-state index in [2.05, 4.69) is 17.0 Å². The maximum atomic E-state index is 11.7. The van der Waals surface area contributed by atoms with E-state index in [9.17, 15) is 24.1 Å². The van der Waals surface area contributed by atoms with Crippen LogP contribution in [0.5, 0.6) is 5.75 Å². The van der Waals surface area contributed by atoms with E-state index in [4.69, 9.17) is 0 Å². The molecule has 1 aliphatic heterocycles. The van der Waals surface area contributed by atoms with Crippen LogP contribution in [0.1, 0.15) is 31.7 Å². The van der Waals surface area contributed by atoms with Gasteiger partial charge >= 0.3 is 0 Å². The van der Waals surface area contributed by atoms with Crippen molar-refractivity contribution in [1.82, 2.24) is 10.0 Å². The van der Waals surface area contributed by atoms with Crippen molar-refractivity contribution in [2.75, 3.05) is 17.4 Å². The molecule has 8 nitrogen and oxygen atoms in total. The number of carbonyl (C=O) groups is 1. The number of carbonyl (C=O) groups excluding carboxylic acids is 1. The van der Waals surface area contributed by atoms with E-state index in [-0.39, 0.29) is 23.9 Å². The van der Waals surface area contributed by atoms with E-state index in [1.54, 1.807) is 12.1 Å². The zero-order chi connectivity index (χ0) is 17.7. The molecule has 1 aromatic carbocycles. The van der Waals surface area contributed by atoms with E-state index in [1.165, 1.54) is 6.07 Å². The highest BCUT2D eigenvalue weighted by Gasteiger charge is 2.36. The highest BCUT2D eigenvalue weighted by molar-refractivity contribution is 8.24. The third-order valence-corrected chi connectivity index (χ3v) is 5.29. The fraction of sp³-hybridized carbons (Fsp3) is 0.533. The summed E-state index contributed by atoms with van der Waals surface area (Å²) in [4.78, 5) is 11.7. The average molecular weight is 359 g/mol. The summed E-state index contributed by atoms with van der Waals surface area (Å²) in [6, 6.07) is 4.76. The second kappa shape index (κ2) is 8.04. The number of rotatable bonds is 7. The van der Waals surface area contributed by atoms with Gasteiger partial charge in [0.15, 0.2) is 0 Å². The Balaban J connectivity index is 1.96. The van der Waals surface area contributed by atoms with Gasteiger partial charge in [-0.1, -0.05) is 30.4 Å². The summed E-state index contributed by atoms with van der Waals surface area (Å²) in [7, 11) is -3.35. The number of aromatic hydroxyl groups is 1. The van der Waals surface area contributed by atoms with E-state index >= 15 is 0 Å². The summed E-state index contributed by atoms with van der Waals surface area (Å²) < 4.78 is 23.2. The number of aliphatic hydroxyl groups excluding tert-OH is 1. The molecule has 6 N–H and O–H groups in total. The minimum absolute atomic E-state index is 0.0342. The van der Waals surface area contributed by atoms with E-state index in [0.717, 1.165) is 22.7 Å². The number of hydrogen-bond donors (Lipinski definition) is 6. The maximum absolute atomic E-state index is 11.7. The van der Waals surface area contributed by atoms with Crippen LogP contribution in [0, 0.1) is 0 Å². The molecule has 24 heavy (non-hydrogen) atoms. The van der Waals surface area contributed by atoms with Gasteiger partial charge in [-0.05, 0) is 30.5 Å². The summed E-state index contributed by atoms with van der Waals surface area (Å²) in [5.74, 6) is -0.164. The molecule has 0 radical (unpaired) electrons. The number of anilines is 1. The van der Waals surface area contributed by atoms with Crippen molar-refractivity contribution in [3.8, 4) is 5.75 Å². The molecule has 1 unspecified atom stereocenters. The molecular formula is C15H25N3O5S. The SMILES string of the molecule is CCCCNC(=O)CCc1ccc(N2CC(O)NS2(O)O)c(O)c1. The first-order valence-corrected chi connectivity index (χ1v) is 9.43. The molecule has 2 rings (SSSR count). The lowest BCUT2D eigenvalue weighted by molar-refractivity contribution is -0.121. The van der Waals surface area contributed by atoms with Crippen molar-refractivity contribution in [3.63, 3.8) is 0 Å². The molecule has 1 amide bonds. The minimum atomic E-state index is -3.35. The number of unbranched alkanes of at least 4 members (excludes halogenated alkanes) is 1. The molecule has 0 aliphatic carbocycles. The number of hydrogen-bond acceptors (Lipinski definition) is 7. The normalized spacial score (nSPS) is 20.8. The Morgan fingerprint density at radius 1 is 1.46 bits per heavy atom. The van der Waals surface area contributed by atoms with Gasteiger partial charge in [0.1, 0.15) is 17.7 Å². The van der Waals surface area contributed by atoms with Crippen LogP contribution < -0.4 is 14.3 Å². The van der Waals surface area contributed by atoms with E-state index in [1.807, 2.05) is 0 Å². The number of β-amino-alcohol motifs (C(OH)–C–C–N with tert-alkyl or cyclic N) is 1. The Labute approximate surface area is 143 Å². The Morgan fingerprint density at radius 3 is 2.79 bits per heavy atom. The van der Waals surface area contributed by atoms with Gasteiger partial charge in [0, 0.05) is 13.0 Å². The lowest BCUT2D eigenvalue weighted by atomic mass is 10.1. The average Bonchev–Trinajstić information content (AvgIpc) is 2.78. The largest absolute Gasteiger partial charge is 0.506 e. The summed E-state index contributed by atoms with van der Waals surface area (Å²) in [5.41, 5.74) is 0.987. The predicted molar refractivity (Wildman–Crippen MR) is 93.7 cm³/mol. The van der Waals surface area contributed by atoms with Gasteiger partial charge in [-0.15, -0.1) is 0 Å². The molecule has 136 valence electrons. The lowest BCUT2D eigenvalue weighted by Crippen LogP contribution is -2.25. The zero-order valence-electron chi connectivity index (χ0n) is 13.6. The van der Waals surface area contributed by atoms with Crippen LogP contribution in [0.3, 0.4) is 0 Å². The molecule has 1 heterocycles. The van der Waals surface area contributed by atoms with Crippen molar-refractivity contribution in [2.45, 2.75) is 38.8 Å². The molecule has 0 bridgehead atoms. The molecule has 1 fully saturated rings. The van der Waals surface area contributed by atoms with Gasteiger partial charge in [-0.25, -0.2) is 0 Å². The first-order chi connectivity index (χ1) is 11.3. The highest BCUT2D eigenvalue weighted by Crippen LogP contribution is 2.49. The summed E-state index contributed by atoms with van der Waals surface area (Å²) in [6.07, 6.45) is 1.68. The monoisotopic (exact) mass is 359 g/mol. The Hall–Kier alpha value is -1.52. The van der Waals surface area contributed by atoms with Crippen LogP contribution in [0.2, 0.25) is 0 Å². The summed E-state index contributed by atoms with van der Waals surface area (Å²) in [5, 5.41) is 22.5. The molecule has 1 saturated heterocycles. The Bertz CT molecular complexity index is 584. The fourth-order valence-electron chi connectivity index (χ4n) is 2.47. The number of phenolic OH excluding ortho intramolecular Hbond substituents is 1. The predicted octanol–water partition coefficient (Wildman–Crippen LogP) is 1.55. The molecule has 1 aliphatic rings. The van der Waals surface area contributed by atoms with Crippen LogP contribution in [0.25, 0.3) is 0 Å². The standard InChI is InChI=1S/C15H25N3O5S/c1-2-3-8-16-14(20)7-5-11-4-6-12(13(19)9-11)18-10-15(21)17-24(18,22)23/h4,6,9,15,17,19,21-23H,2-3,5,7-8,10H2,1H3,(H,16,20). The first kappa shape index (κ1) is 18.8. The Kier molecular flexibility index (Phi) is 6.30. The van der Waals surface area contributed by atoms with Gasteiger partial charge in [0.2, 0.25) is 5.91 Å². The van der Waals surface area contributed by atoms with Gasteiger partial charge in [-0.3, -0.25) is 18.2 Å². The fourth-order valence-corrected chi connectivity index (χ4v) is 3.81. The minimum Gasteiger partial charge on any atom is -0.506 e. The third kappa shape index (κ3) is 4.74. The zero-order valence-corrected chi connectivity index (χ0v) is 14.4. The molecule has 1 atom stereocenters. The second-order valence-corrected chi connectivity index (χ2v) is 7.45. The lowest BCUT2D eigenvalue weighted by Gasteiger charge is -2.36. The second-order valence-electron chi connectivity index (χ2n) is 5.74. The molecule has 1 aromatic rings. The third-order valence-electron chi connectivity index (χ3n) is 3.74. The number of benzene rings is 1. The van der Waals surface area contributed by atoms with Crippen molar-refractivity contribution in [2.24, 2.45) is 0 Å². The smallest absolute Gasteiger partial charge is 0.220 e. The quantitative estimate of drug-likeness (QED) is 0.408. The Morgan fingerprint density at radius 2 is 2.21 bits per heavy atom. The molecule has 0 aromatic heterocycles. The van der Waals surface area contributed by atoms with E-state index in [0.29, 0.717) is 19.4 Å². The summed E-state index contributed by atoms with van der Waals surface area (Å²) in [6.45, 7) is 2.68. The van der Waals surface area contributed by atoms with Crippen LogP contribution in [-0.2, 0) is 11.2 Å². The molecule has 9 heteroatoms. The van der Waals surface area contributed by atoms with Crippen LogP contribution in [0.15, 0.2) is 18.2 Å². The summed E-state index contributed by atoms with van der Waals surface area (Å²) >= 11 is 0. The van der Waals surface area contributed by atoms with Crippen molar-refractivity contribution in [1.29, 1.82) is 0 Å². The number of phenols is 1. The van der Waals surface area contributed by atoms with Crippen molar-refractivity contribution >= 4 is 22.6 Å². The molecule has 0 spiro atoms.